The lowest BCUT2D eigenvalue weighted by Gasteiger charge is -2.29. The second-order valence-electron chi connectivity index (χ2n) is 5.72. The lowest BCUT2D eigenvalue weighted by atomic mass is 10.2. The normalized spacial score (nSPS) is 22.7. The molecule has 2 aromatic rings. The minimum absolute atomic E-state index is 0. The zero-order valence-corrected chi connectivity index (χ0v) is 13.1. The Bertz CT molecular complexity index is 732. The second-order valence-corrected chi connectivity index (χ2v) is 5.72. The van der Waals surface area contributed by atoms with E-state index in [1.54, 1.807) is 30.1 Å². The number of anilines is 1. The van der Waals surface area contributed by atoms with Crippen molar-refractivity contribution in [2.75, 3.05) is 18.0 Å². The number of fused-ring (bicyclic) bond motifs is 2. The molecule has 2 aromatic heterocycles. The SMILES string of the molecule is Cl.Cn1c(N2CC3C[C@H]2CN3)nc(-c2ccncc2)cc1=O. The molecule has 2 fully saturated rings. The highest BCUT2D eigenvalue weighted by atomic mass is 35.5. The third-order valence-electron chi connectivity index (χ3n) is 4.40. The third-order valence-corrected chi connectivity index (χ3v) is 4.40. The molecule has 0 aromatic carbocycles. The standard InChI is InChI=1S/C15H17N5O.ClH/c1-19-14(21)7-13(10-2-4-16-5-3-10)18-15(19)20-9-11-6-12(20)8-17-11;/h2-5,7,11-12,17H,6,8-9H2,1H3;1H/t11?,12-;/m0./s1. The van der Waals surface area contributed by atoms with E-state index >= 15 is 0 Å². The summed E-state index contributed by atoms with van der Waals surface area (Å²) in [6, 6.07) is 6.31. The van der Waals surface area contributed by atoms with Crippen molar-refractivity contribution < 1.29 is 0 Å². The van der Waals surface area contributed by atoms with E-state index in [0.717, 1.165) is 31.0 Å². The van der Waals surface area contributed by atoms with Gasteiger partial charge in [-0.25, -0.2) is 4.98 Å². The predicted molar refractivity (Wildman–Crippen MR) is 87.5 cm³/mol. The Balaban J connectivity index is 0.00000144. The highest BCUT2D eigenvalue weighted by Crippen LogP contribution is 2.28. The van der Waals surface area contributed by atoms with Gasteiger partial charge in [0, 0.05) is 56.2 Å². The average molecular weight is 320 g/mol. The van der Waals surface area contributed by atoms with Crippen molar-refractivity contribution in [3.05, 3.63) is 40.9 Å². The van der Waals surface area contributed by atoms with Crippen LogP contribution in [0.4, 0.5) is 5.95 Å². The van der Waals surface area contributed by atoms with Crippen LogP contribution in [-0.2, 0) is 7.05 Å². The first kappa shape index (κ1) is 15.0. The minimum atomic E-state index is -0.0254. The average Bonchev–Trinajstić information content (AvgIpc) is 3.13. The van der Waals surface area contributed by atoms with E-state index in [1.807, 2.05) is 12.1 Å². The molecule has 2 aliphatic heterocycles. The Morgan fingerprint density at radius 2 is 2.09 bits per heavy atom. The summed E-state index contributed by atoms with van der Waals surface area (Å²) in [5.74, 6) is 0.767. The number of rotatable bonds is 2. The van der Waals surface area contributed by atoms with Gasteiger partial charge in [-0.05, 0) is 18.6 Å². The first-order valence-electron chi connectivity index (χ1n) is 7.21. The van der Waals surface area contributed by atoms with E-state index in [-0.39, 0.29) is 18.0 Å². The first-order chi connectivity index (χ1) is 10.2. The van der Waals surface area contributed by atoms with Gasteiger partial charge in [0.15, 0.2) is 0 Å². The molecule has 2 atom stereocenters. The number of piperazine rings is 1. The van der Waals surface area contributed by atoms with E-state index in [0.29, 0.717) is 17.8 Å². The molecule has 1 N–H and O–H groups in total. The summed E-state index contributed by atoms with van der Waals surface area (Å²) in [6.07, 6.45) is 4.57. The van der Waals surface area contributed by atoms with Gasteiger partial charge in [-0.15, -0.1) is 12.4 Å². The Morgan fingerprint density at radius 1 is 1.32 bits per heavy atom. The molecule has 2 saturated heterocycles. The van der Waals surface area contributed by atoms with Crippen LogP contribution in [0.5, 0.6) is 0 Å². The minimum Gasteiger partial charge on any atom is -0.336 e. The van der Waals surface area contributed by atoms with Crippen molar-refractivity contribution >= 4 is 18.4 Å². The molecular formula is C15H18ClN5O. The molecule has 0 aliphatic carbocycles. The van der Waals surface area contributed by atoms with Crippen LogP contribution in [0.25, 0.3) is 11.3 Å². The van der Waals surface area contributed by atoms with E-state index in [1.165, 1.54) is 0 Å². The first-order valence-corrected chi connectivity index (χ1v) is 7.21. The fourth-order valence-corrected chi connectivity index (χ4v) is 3.26. The van der Waals surface area contributed by atoms with Crippen molar-refractivity contribution in [2.24, 2.45) is 7.05 Å². The molecule has 2 bridgehead atoms. The summed E-state index contributed by atoms with van der Waals surface area (Å²) in [6.45, 7) is 1.89. The molecule has 2 aliphatic rings. The monoisotopic (exact) mass is 319 g/mol. The number of nitrogens with one attached hydrogen (secondary N) is 1. The largest absolute Gasteiger partial charge is 0.336 e. The zero-order chi connectivity index (χ0) is 14.4. The highest BCUT2D eigenvalue weighted by molar-refractivity contribution is 5.85. The molecule has 1 unspecified atom stereocenters. The predicted octanol–water partition coefficient (Wildman–Crippen LogP) is 0.815. The van der Waals surface area contributed by atoms with Gasteiger partial charge in [0.2, 0.25) is 5.95 Å². The van der Waals surface area contributed by atoms with Crippen molar-refractivity contribution in [3.63, 3.8) is 0 Å². The molecule has 0 saturated carbocycles. The maximum Gasteiger partial charge on any atom is 0.255 e. The summed E-state index contributed by atoms with van der Waals surface area (Å²) >= 11 is 0. The highest BCUT2D eigenvalue weighted by Gasteiger charge is 2.39. The van der Waals surface area contributed by atoms with Crippen LogP contribution in [0.2, 0.25) is 0 Å². The van der Waals surface area contributed by atoms with Gasteiger partial charge in [0.1, 0.15) is 0 Å². The van der Waals surface area contributed by atoms with Gasteiger partial charge < -0.3 is 10.2 Å². The van der Waals surface area contributed by atoms with Crippen molar-refractivity contribution in [1.82, 2.24) is 19.9 Å². The molecule has 7 heteroatoms. The van der Waals surface area contributed by atoms with Crippen molar-refractivity contribution in [1.29, 1.82) is 0 Å². The maximum atomic E-state index is 12.3. The molecule has 4 rings (SSSR count). The molecule has 0 spiro atoms. The zero-order valence-electron chi connectivity index (χ0n) is 12.3. The molecule has 0 amide bonds. The van der Waals surface area contributed by atoms with Gasteiger partial charge in [-0.2, -0.15) is 0 Å². The van der Waals surface area contributed by atoms with E-state index in [9.17, 15) is 4.79 Å². The smallest absolute Gasteiger partial charge is 0.255 e. The summed E-state index contributed by atoms with van der Waals surface area (Å²) < 4.78 is 1.64. The van der Waals surface area contributed by atoms with Gasteiger partial charge in [-0.1, -0.05) is 0 Å². The molecule has 4 heterocycles. The number of pyridine rings is 1. The van der Waals surface area contributed by atoms with Crippen LogP contribution in [0.1, 0.15) is 6.42 Å². The summed E-state index contributed by atoms with van der Waals surface area (Å²) in [5.41, 5.74) is 1.61. The molecule has 6 nitrogen and oxygen atoms in total. The lowest BCUT2D eigenvalue weighted by Crippen LogP contribution is -2.46. The summed E-state index contributed by atoms with van der Waals surface area (Å²) in [5, 5.41) is 3.47. The van der Waals surface area contributed by atoms with Crippen LogP contribution in [0.15, 0.2) is 35.4 Å². The van der Waals surface area contributed by atoms with Gasteiger partial charge in [0.25, 0.3) is 5.56 Å². The Morgan fingerprint density at radius 3 is 2.73 bits per heavy atom. The fraction of sp³-hybridized carbons (Fsp3) is 0.400. The van der Waals surface area contributed by atoms with Gasteiger partial charge >= 0.3 is 0 Å². The Kier molecular flexibility index (Phi) is 3.88. The number of nitrogens with zero attached hydrogens (tertiary/aromatic N) is 4. The molecule has 22 heavy (non-hydrogen) atoms. The number of hydrogen-bond donors (Lipinski definition) is 1. The second kappa shape index (κ2) is 5.70. The van der Waals surface area contributed by atoms with E-state index in [4.69, 9.17) is 4.98 Å². The fourth-order valence-electron chi connectivity index (χ4n) is 3.26. The lowest BCUT2D eigenvalue weighted by molar-refractivity contribution is 0.562. The van der Waals surface area contributed by atoms with Crippen molar-refractivity contribution in [3.8, 4) is 11.3 Å². The van der Waals surface area contributed by atoms with Crippen LogP contribution in [-0.4, -0.2) is 39.7 Å². The van der Waals surface area contributed by atoms with Crippen LogP contribution in [0, 0.1) is 0 Å². The topological polar surface area (TPSA) is 63.1 Å². The molecular weight excluding hydrogens is 302 g/mol. The number of hydrogen-bond acceptors (Lipinski definition) is 5. The van der Waals surface area contributed by atoms with Crippen LogP contribution >= 0.6 is 12.4 Å². The van der Waals surface area contributed by atoms with Crippen molar-refractivity contribution in [2.45, 2.75) is 18.5 Å². The quantitative estimate of drug-likeness (QED) is 0.887. The summed E-state index contributed by atoms with van der Waals surface area (Å²) in [4.78, 5) is 23.3. The third kappa shape index (κ3) is 2.38. The number of aromatic nitrogens is 3. The maximum absolute atomic E-state index is 12.3. The number of halogens is 1. The van der Waals surface area contributed by atoms with Gasteiger partial charge in [-0.3, -0.25) is 14.3 Å². The molecule has 116 valence electrons. The van der Waals surface area contributed by atoms with Crippen LogP contribution < -0.4 is 15.8 Å². The van der Waals surface area contributed by atoms with Gasteiger partial charge in [0.05, 0.1) is 5.69 Å². The Labute approximate surface area is 134 Å². The Hall–Kier alpha value is -1.92. The van der Waals surface area contributed by atoms with Crippen LogP contribution in [0.3, 0.4) is 0 Å². The van der Waals surface area contributed by atoms with E-state index in [2.05, 4.69) is 15.2 Å². The summed E-state index contributed by atoms with van der Waals surface area (Å²) in [7, 11) is 1.79. The van der Waals surface area contributed by atoms with E-state index < -0.39 is 0 Å². The molecule has 0 radical (unpaired) electrons.